The van der Waals surface area contributed by atoms with Crippen LogP contribution in [0, 0.1) is 12.8 Å². The van der Waals surface area contributed by atoms with Crippen LogP contribution in [-0.4, -0.2) is 15.7 Å². The Morgan fingerprint density at radius 2 is 2.35 bits per heavy atom. The van der Waals surface area contributed by atoms with Gasteiger partial charge in [0.25, 0.3) is 5.56 Å². The monoisotopic (exact) mass is 234 g/mol. The van der Waals surface area contributed by atoms with Gasteiger partial charge >= 0.3 is 0 Å². The molecule has 5 heteroatoms. The maximum atomic E-state index is 11.2. The second kappa shape index (κ2) is 5.12. The first kappa shape index (κ1) is 11.8. The number of hydrogen-bond donors (Lipinski definition) is 2. The lowest BCUT2D eigenvalue weighted by Gasteiger charge is -2.19. The number of aromatic amines is 1. The van der Waals surface area contributed by atoms with Gasteiger partial charge in [-0.15, -0.1) is 0 Å². The Hall–Kier alpha value is -1.65. The largest absolute Gasteiger partial charge is 0.291 e. The summed E-state index contributed by atoms with van der Waals surface area (Å²) in [7, 11) is 0. The summed E-state index contributed by atoms with van der Waals surface area (Å²) in [6.07, 6.45) is 4.70. The zero-order valence-electron chi connectivity index (χ0n) is 10.3. The topological polar surface area (TPSA) is 70.1 Å². The third-order valence-corrected chi connectivity index (χ3v) is 3.06. The van der Waals surface area contributed by atoms with E-state index in [-0.39, 0.29) is 5.56 Å². The fraction of sp³-hybridized carbons (Fsp3) is 0.583. The van der Waals surface area contributed by atoms with Crippen molar-refractivity contribution in [2.45, 2.75) is 39.5 Å². The molecule has 0 aromatic carbocycles. The van der Waals surface area contributed by atoms with E-state index >= 15 is 0 Å². The van der Waals surface area contributed by atoms with E-state index in [4.69, 9.17) is 0 Å². The SMILES string of the molecule is Cc1cc(=O)[nH]c(N/N=C2\CCCC[C@H]2C)n1. The van der Waals surface area contributed by atoms with Crippen LogP contribution in [0.15, 0.2) is 16.0 Å². The molecule has 5 nitrogen and oxygen atoms in total. The molecule has 1 fully saturated rings. The highest BCUT2D eigenvalue weighted by molar-refractivity contribution is 5.87. The van der Waals surface area contributed by atoms with Crippen molar-refractivity contribution in [3.05, 3.63) is 22.1 Å². The van der Waals surface area contributed by atoms with Crippen molar-refractivity contribution >= 4 is 11.7 Å². The first-order valence-corrected chi connectivity index (χ1v) is 6.05. The molecule has 1 heterocycles. The molecule has 1 aromatic heterocycles. The normalized spacial score (nSPS) is 22.7. The van der Waals surface area contributed by atoms with Crippen LogP contribution in [0.25, 0.3) is 0 Å². The van der Waals surface area contributed by atoms with Crippen molar-refractivity contribution in [3.8, 4) is 0 Å². The molecule has 0 radical (unpaired) electrons. The third-order valence-electron chi connectivity index (χ3n) is 3.06. The predicted octanol–water partition coefficient (Wildman–Crippen LogP) is 2.06. The summed E-state index contributed by atoms with van der Waals surface area (Å²) in [6, 6.07) is 1.46. The van der Waals surface area contributed by atoms with Gasteiger partial charge in [-0.3, -0.25) is 9.78 Å². The molecule has 2 rings (SSSR count). The number of aromatic nitrogens is 2. The van der Waals surface area contributed by atoms with Crippen LogP contribution in [-0.2, 0) is 0 Å². The van der Waals surface area contributed by atoms with Gasteiger partial charge in [-0.1, -0.05) is 13.3 Å². The summed E-state index contributed by atoms with van der Waals surface area (Å²) in [5.74, 6) is 0.938. The fourth-order valence-electron chi connectivity index (χ4n) is 2.09. The van der Waals surface area contributed by atoms with Crippen molar-refractivity contribution in [1.82, 2.24) is 9.97 Å². The molecule has 1 aliphatic carbocycles. The van der Waals surface area contributed by atoms with Crippen molar-refractivity contribution in [2.24, 2.45) is 11.0 Å². The van der Waals surface area contributed by atoms with E-state index in [0.29, 0.717) is 17.6 Å². The zero-order valence-corrected chi connectivity index (χ0v) is 10.3. The second-order valence-electron chi connectivity index (χ2n) is 4.60. The molecule has 0 bridgehead atoms. The van der Waals surface area contributed by atoms with Crippen LogP contribution in [0.5, 0.6) is 0 Å². The Morgan fingerprint density at radius 3 is 3.06 bits per heavy atom. The van der Waals surface area contributed by atoms with Crippen LogP contribution < -0.4 is 11.0 Å². The molecule has 0 aliphatic heterocycles. The number of rotatable bonds is 2. The van der Waals surface area contributed by atoms with Gasteiger partial charge in [0.2, 0.25) is 5.95 Å². The van der Waals surface area contributed by atoms with E-state index in [9.17, 15) is 4.79 Å². The molecular formula is C12H18N4O. The van der Waals surface area contributed by atoms with E-state index in [1.807, 2.05) is 0 Å². The smallest absolute Gasteiger partial charge is 0.252 e. The first-order chi connectivity index (χ1) is 8.15. The molecule has 1 aliphatic rings. The average Bonchev–Trinajstić information content (AvgIpc) is 2.27. The molecule has 0 saturated heterocycles. The highest BCUT2D eigenvalue weighted by atomic mass is 16.1. The van der Waals surface area contributed by atoms with E-state index in [1.54, 1.807) is 6.92 Å². The van der Waals surface area contributed by atoms with E-state index in [2.05, 4.69) is 27.4 Å². The maximum absolute atomic E-state index is 11.2. The molecular weight excluding hydrogens is 216 g/mol. The molecule has 2 N–H and O–H groups in total. The molecule has 1 aromatic rings. The van der Waals surface area contributed by atoms with Crippen LogP contribution in [0.1, 0.15) is 38.3 Å². The summed E-state index contributed by atoms with van der Waals surface area (Å²) >= 11 is 0. The van der Waals surface area contributed by atoms with E-state index < -0.39 is 0 Å². The Balaban J connectivity index is 2.10. The number of aryl methyl sites for hydroxylation is 1. The van der Waals surface area contributed by atoms with E-state index in [0.717, 1.165) is 6.42 Å². The molecule has 1 saturated carbocycles. The van der Waals surface area contributed by atoms with Gasteiger partial charge in [0.05, 0.1) is 0 Å². The zero-order chi connectivity index (χ0) is 12.3. The van der Waals surface area contributed by atoms with Crippen LogP contribution in [0.3, 0.4) is 0 Å². The molecule has 92 valence electrons. The fourth-order valence-corrected chi connectivity index (χ4v) is 2.09. The first-order valence-electron chi connectivity index (χ1n) is 6.05. The van der Waals surface area contributed by atoms with E-state index in [1.165, 1.54) is 31.0 Å². The Labute approximate surface area is 100 Å². The Kier molecular flexibility index (Phi) is 3.56. The highest BCUT2D eigenvalue weighted by Crippen LogP contribution is 2.21. The van der Waals surface area contributed by atoms with Crippen molar-refractivity contribution in [1.29, 1.82) is 0 Å². The molecule has 0 unspecified atom stereocenters. The maximum Gasteiger partial charge on any atom is 0.252 e. The molecule has 1 atom stereocenters. The van der Waals surface area contributed by atoms with Gasteiger partial charge in [0.15, 0.2) is 0 Å². The van der Waals surface area contributed by atoms with Crippen molar-refractivity contribution in [2.75, 3.05) is 5.43 Å². The lowest BCUT2D eigenvalue weighted by atomic mass is 9.89. The van der Waals surface area contributed by atoms with Gasteiger partial charge in [0.1, 0.15) is 0 Å². The Bertz CT molecular complexity index is 478. The van der Waals surface area contributed by atoms with Crippen LogP contribution in [0.2, 0.25) is 0 Å². The van der Waals surface area contributed by atoms with Gasteiger partial charge in [-0.25, -0.2) is 10.4 Å². The molecule has 0 amide bonds. The van der Waals surface area contributed by atoms with Crippen LogP contribution in [0.4, 0.5) is 5.95 Å². The highest BCUT2D eigenvalue weighted by Gasteiger charge is 2.15. The summed E-state index contributed by atoms with van der Waals surface area (Å²) in [4.78, 5) is 18.0. The lowest BCUT2D eigenvalue weighted by Crippen LogP contribution is -2.18. The second-order valence-corrected chi connectivity index (χ2v) is 4.60. The summed E-state index contributed by atoms with van der Waals surface area (Å²) in [6.45, 7) is 3.98. The lowest BCUT2D eigenvalue weighted by molar-refractivity contribution is 0.558. The minimum atomic E-state index is -0.156. The minimum absolute atomic E-state index is 0.156. The standard InChI is InChI=1S/C12H18N4O/c1-8-5-3-4-6-10(8)15-16-12-13-9(2)7-11(17)14-12/h7-8H,3-6H2,1-2H3,(H2,13,14,16,17)/b15-10+/t8-/m1/s1. The van der Waals surface area contributed by atoms with Gasteiger partial charge < -0.3 is 0 Å². The van der Waals surface area contributed by atoms with Crippen molar-refractivity contribution < 1.29 is 0 Å². The number of hydrazone groups is 1. The van der Waals surface area contributed by atoms with Gasteiger partial charge in [-0.05, 0) is 32.1 Å². The number of H-pyrrole nitrogens is 1. The van der Waals surface area contributed by atoms with Crippen molar-refractivity contribution in [3.63, 3.8) is 0 Å². The third kappa shape index (κ3) is 3.15. The number of hydrogen-bond acceptors (Lipinski definition) is 4. The Morgan fingerprint density at radius 1 is 1.53 bits per heavy atom. The molecule has 17 heavy (non-hydrogen) atoms. The summed E-state index contributed by atoms with van der Waals surface area (Å²) in [5, 5.41) is 4.35. The summed E-state index contributed by atoms with van der Waals surface area (Å²) in [5.41, 5.74) is 4.55. The minimum Gasteiger partial charge on any atom is -0.291 e. The van der Waals surface area contributed by atoms with Gasteiger partial charge in [0, 0.05) is 17.5 Å². The number of anilines is 1. The summed E-state index contributed by atoms with van der Waals surface area (Å²) < 4.78 is 0. The quantitative estimate of drug-likeness (QED) is 0.769. The van der Waals surface area contributed by atoms with Crippen LogP contribution >= 0.6 is 0 Å². The predicted molar refractivity (Wildman–Crippen MR) is 68.3 cm³/mol. The molecule has 0 spiro atoms. The van der Waals surface area contributed by atoms with Gasteiger partial charge in [-0.2, -0.15) is 5.10 Å². The number of nitrogens with one attached hydrogen (secondary N) is 2. The number of nitrogens with zero attached hydrogens (tertiary/aromatic N) is 2. The average molecular weight is 234 g/mol.